The zero-order valence-electron chi connectivity index (χ0n) is 34.9. The molecule has 1 saturated heterocycles. The smallest absolute Gasteiger partial charge is 0.408 e. The summed E-state index contributed by atoms with van der Waals surface area (Å²) >= 11 is 0. The molecular formula is C46H56N6O9S. The molecule has 4 aliphatic carbocycles. The highest BCUT2D eigenvalue weighted by atomic mass is 32.2. The van der Waals surface area contributed by atoms with E-state index in [4.69, 9.17) is 14.5 Å². The molecule has 15 nitrogen and oxygen atoms in total. The van der Waals surface area contributed by atoms with E-state index in [1.54, 1.807) is 0 Å². The van der Waals surface area contributed by atoms with Crippen LogP contribution in [0.2, 0.25) is 0 Å². The number of ether oxygens (including phenoxy) is 2. The molecule has 2 aromatic rings. The summed E-state index contributed by atoms with van der Waals surface area (Å²) in [5.41, 5.74) is 1.99. The molecule has 0 spiro atoms. The summed E-state index contributed by atoms with van der Waals surface area (Å²) in [5.74, 6) is -3.51. The molecule has 8 atom stereocenters. The van der Waals surface area contributed by atoms with E-state index in [1.165, 1.54) is 6.08 Å². The number of carbonyl (C=O) groups is 4. The third kappa shape index (κ3) is 8.40. The van der Waals surface area contributed by atoms with Crippen molar-refractivity contribution in [3.8, 4) is 11.1 Å². The van der Waals surface area contributed by atoms with Crippen molar-refractivity contribution in [1.82, 2.24) is 20.3 Å². The molecule has 2 aromatic carbocycles. The highest BCUT2D eigenvalue weighted by Gasteiger charge is 2.63. The molecule has 16 heteroatoms. The van der Waals surface area contributed by atoms with Gasteiger partial charge in [0.05, 0.1) is 17.4 Å². The molecule has 3 N–H and O–H groups in total. The van der Waals surface area contributed by atoms with E-state index in [0.29, 0.717) is 50.9 Å². The maximum atomic E-state index is 15.6. The van der Waals surface area contributed by atoms with Crippen molar-refractivity contribution in [2.75, 3.05) is 13.1 Å². The lowest BCUT2D eigenvalue weighted by atomic mass is 9.96. The van der Waals surface area contributed by atoms with Gasteiger partial charge in [0.2, 0.25) is 10.0 Å². The van der Waals surface area contributed by atoms with Gasteiger partial charge in [-0.15, -0.1) is 6.58 Å². The monoisotopic (exact) mass is 868 g/mol. The first kappa shape index (κ1) is 42.3. The molecule has 3 aliphatic heterocycles. The highest BCUT2D eigenvalue weighted by Crippen LogP contribution is 2.46. The van der Waals surface area contributed by atoms with E-state index >= 15 is 10.0 Å². The topological polar surface area (TPSA) is 196 Å². The SMILES string of the molecule is C=C[C@@H]1C[C@]1(NC(=O)[C@@H]1C[C@@H]2C[N+]1([O-])C(=O)[C@H](C1CCCC1)NC(=O)O[C@@H]1CCC[C@H]1CC/C=C/CN1Cc3ccc(-c4ccccc4)cc3N=C1O2)C(=O)NS(=O)(=O)C1CC1. The number of nitrogens with zero attached hydrogens (tertiary/aromatic N) is 3. The quantitative estimate of drug-likeness (QED) is 0.170. The molecule has 5 fully saturated rings. The van der Waals surface area contributed by atoms with Gasteiger partial charge < -0.3 is 30.2 Å². The van der Waals surface area contributed by atoms with E-state index in [1.807, 2.05) is 41.3 Å². The number of hydroxylamine groups is 3. The molecule has 330 valence electrons. The number of amidine groups is 1. The summed E-state index contributed by atoms with van der Waals surface area (Å²) in [7, 11) is -3.97. The molecule has 3 heterocycles. The van der Waals surface area contributed by atoms with Crippen LogP contribution >= 0.6 is 0 Å². The minimum atomic E-state index is -3.97. The first-order valence-corrected chi connectivity index (χ1v) is 23.9. The number of aliphatic imine (C=N–C) groups is 1. The van der Waals surface area contributed by atoms with E-state index in [2.05, 4.69) is 46.2 Å². The van der Waals surface area contributed by atoms with Crippen LogP contribution in [0.25, 0.3) is 11.1 Å². The van der Waals surface area contributed by atoms with Crippen molar-refractivity contribution in [1.29, 1.82) is 0 Å². The number of quaternary nitrogens is 1. The average molecular weight is 869 g/mol. The maximum Gasteiger partial charge on any atom is 0.408 e. The molecule has 2 bridgehead atoms. The fourth-order valence-corrected chi connectivity index (χ4v) is 11.7. The molecule has 4 amide bonds. The van der Waals surface area contributed by atoms with Gasteiger partial charge in [0.25, 0.3) is 17.8 Å². The first-order chi connectivity index (χ1) is 29.9. The van der Waals surface area contributed by atoms with E-state index < -0.39 is 79.9 Å². The fraction of sp³-hybridized carbons (Fsp3) is 0.543. The number of rotatable bonds is 8. The van der Waals surface area contributed by atoms with Gasteiger partial charge >= 0.3 is 12.0 Å². The largest absolute Gasteiger partial charge is 0.625 e. The Bertz CT molecular complexity index is 2280. The van der Waals surface area contributed by atoms with Crippen molar-refractivity contribution in [3.05, 3.63) is 84.1 Å². The minimum absolute atomic E-state index is 0.0671. The number of hydrogen-bond donors (Lipinski definition) is 3. The van der Waals surface area contributed by atoms with E-state index in [0.717, 1.165) is 55.2 Å². The van der Waals surface area contributed by atoms with Crippen LogP contribution in [0.3, 0.4) is 0 Å². The first-order valence-electron chi connectivity index (χ1n) is 22.3. The molecule has 0 aromatic heterocycles. The van der Waals surface area contributed by atoms with Gasteiger partial charge in [-0.2, -0.15) is 4.99 Å². The van der Waals surface area contributed by atoms with E-state index in [9.17, 15) is 22.8 Å². The number of nitrogens with one attached hydrogen (secondary N) is 3. The number of hydrogen-bond acceptors (Lipinski definition) is 11. The number of sulfonamides is 1. The Morgan fingerprint density at radius 1 is 0.952 bits per heavy atom. The number of amides is 4. The Labute approximate surface area is 362 Å². The van der Waals surface area contributed by atoms with Crippen molar-refractivity contribution in [3.63, 3.8) is 0 Å². The number of fused-ring (bicyclic) bond motifs is 5. The Morgan fingerprint density at radius 3 is 2.47 bits per heavy atom. The van der Waals surface area contributed by atoms with Gasteiger partial charge in [-0.05, 0) is 98.8 Å². The van der Waals surface area contributed by atoms with Crippen molar-refractivity contribution in [2.45, 2.75) is 125 Å². The van der Waals surface area contributed by atoms with Crippen molar-refractivity contribution >= 4 is 45.5 Å². The lowest BCUT2D eigenvalue weighted by molar-refractivity contribution is -0.809. The molecule has 1 unspecified atom stereocenters. The van der Waals surface area contributed by atoms with Crippen LogP contribution in [-0.4, -0.2) is 96.0 Å². The van der Waals surface area contributed by atoms with Crippen LogP contribution in [0.4, 0.5) is 10.5 Å². The molecule has 0 radical (unpaired) electrons. The summed E-state index contributed by atoms with van der Waals surface area (Å²) in [5, 5.41) is 20.5. The Hall–Kier alpha value is -5.06. The molecular weight excluding hydrogens is 813 g/mol. The fourth-order valence-electron chi connectivity index (χ4n) is 10.3. The zero-order valence-corrected chi connectivity index (χ0v) is 35.7. The second-order valence-electron chi connectivity index (χ2n) is 18.3. The molecule has 62 heavy (non-hydrogen) atoms. The van der Waals surface area contributed by atoms with Crippen LogP contribution < -0.4 is 15.4 Å². The Morgan fingerprint density at radius 2 is 1.73 bits per heavy atom. The number of allylic oxidation sites excluding steroid dienone is 1. The summed E-state index contributed by atoms with van der Waals surface area (Å²) in [6, 6.07) is 13.4. The number of carbonyl (C=O) groups excluding carboxylic acids is 4. The van der Waals surface area contributed by atoms with Gasteiger partial charge in [-0.1, -0.05) is 73.5 Å². The number of benzene rings is 2. The lowest BCUT2D eigenvalue weighted by Gasteiger charge is -2.43. The van der Waals surface area contributed by atoms with Crippen LogP contribution in [-0.2, 0) is 40.4 Å². The van der Waals surface area contributed by atoms with E-state index in [-0.39, 0.29) is 36.8 Å². The zero-order chi connectivity index (χ0) is 43.2. The predicted octanol–water partition coefficient (Wildman–Crippen LogP) is 5.63. The predicted molar refractivity (Wildman–Crippen MR) is 230 cm³/mol. The summed E-state index contributed by atoms with van der Waals surface area (Å²) in [4.78, 5) is 64.1. The highest BCUT2D eigenvalue weighted by molar-refractivity contribution is 7.91. The summed E-state index contributed by atoms with van der Waals surface area (Å²) < 4.78 is 38.9. The van der Waals surface area contributed by atoms with Gasteiger partial charge in [-0.25, -0.2) is 18.0 Å². The van der Waals surface area contributed by atoms with Gasteiger partial charge in [-0.3, -0.25) is 19.0 Å². The van der Waals surface area contributed by atoms with Gasteiger partial charge in [0, 0.05) is 19.0 Å². The second kappa shape index (κ2) is 16.9. The van der Waals surface area contributed by atoms with Gasteiger partial charge in [0.1, 0.15) is 18.2 Å². The van der Waals surface area contributed by atoms with Crippen molar-refractivity contribution in [2.24, 2.45) is 22.7 Å². The van der Waals surface area contributed by atoms with Crippen molar-refractivity contribution < 1.29 is 41.7 Å². The molecule has 9 rings (SSSR count). The minimum Gasteiger partial charge on any atom is -0.625 e. The summed E-state index contributed by atoms with van der Waals surface area (Å²) in [6.07, 6.45) is 11.2. The molecule has 4 saturated carbocycles. The standard InChI is InChI=1S/C46H56N6O9S/c1-2-34-26-46(34,43(55)50-62(58,59)36-21-22-36)49-41(53)38-25-35-28-52(38,57)42(54)40(31-15-8-9-16-31)48-45(56)61-39-18-11-17-30(39)14-7-4-10-23-51-27-33-20-19-32(29-12-5-3-6-13-29)24-37(33)47-44(51)60-35/h2-6,10,12-13,19-20,24,30-31,34-36,38-40H,1,7-9,11,14-18,21-23,25-28H2,(H,48,56)(H,49,53)(H,50,55)/b10-4+/t30-,34-,35-,38+,39-,40+,46-,52?/m1/s1. The maximum absolute atomic E-state index is 15.6. The average Bonchev–Trinajstić information content (AvgIpc) is 4.08. The number of alkyl carbamates (subject to hydrolysis) is 1. The normalized spacial score (nSPS) is 33.2. The summed E-state index contributed by atoms with van der Waals surface area (Å²) in [6.45, 7) is 4.22. The van der Waals surface area contributed by atoms with Crippen LogP contribution in [0.5, 0.6) is 0 Å². The second-order valence-corrected chi connectivity index (χ2v) is 20.3. The van der Waals surface area contributed by atoms with Gasteiger partial charge in [0.15, 0.2) is 18.2 Å². The van der Waals surface area contributed by atoms with Crippen LogP contribution in [0.1, 0.15) is 89.0 Å². The Kier molecular flexibility index (Phi) is 11.5. The lowest BCUT2D eigenvalue weighted by Crippen LogP contribution is -2.65. The third-order valence-electron chi connectivity index (χ3n) is 14.2. The molecule has 7 aliphatic rings. The Balaban J connectivity index is 1.07. The van der Waals surface area contributed by atoms with Crippen LogP contribution in [0, 0.1) is 23.0 Å². The van der Waals surface area contributed by atoms with Crippen LogP contribution in [0.15, 0.2) is 78.3 Å². The third-order valence-corrected chi connectivity index (χ3v) is 16.0.